The first-order chi connectivity index (χ1) is 14.9. The van der Waals surface area contributed by atoms with Crippen molar-refractivity contribution in [3.8, 4) is 10.6 Å². The lowest BCUT2D eigenvalue weighted by molar-refractivity contribution is -0.125. The smallest absolute Gasteiger partial charge is 0.237 e. The summed E-state index contributed by atoms with van der Waals surface area (Å²) >= 11 is 1.57. The summed E-state index contributed by atoms with van der Waals surface area (Å²) < 4.78 is 1.98. The maximum absolute atomic E-state index is 12.8. The summed E-state index contributed by atoms with van der Waals surface area (Å²) in [5.74, 6) is 0.0675. The fraction of sp³-hybridized carbons (Fsp3) is 0.391. The van der Waals surface area contributed by atoms with Gasteiger partial charge in [-0.15, -0.1) is 0 Å². The van der Waals surface area contributed by atoms with E-state index < -0.39 is 5.54 Å². The quantitative estimate of drug-likeness (QED) is 0.511. The number of nitrogens with one attached hydrogen (secondary N) is 2. The number of nitrogens with zero attached hydrogens (tertiary/aromatic N) is 4. The molecule has 1 fully saturated rings. The van der Waals surface area contributed by atoms with E-state index in [1.807, 2.05) is 31.5 Å². The van der Waals surface area contributed by atoms with E-state index in [1.54, 1.807) is 23.9 Å². The van der Waals surface area contributed by atoms with Crippen LogP contribution in [0.4, 0.5) is 0 Å². The number of aryl methyl sites for hydroxylation is 1. The van der Waals surface area contributed by atoms with E-state index in [0.29, 0.717) is 0 Å². The van der Waals surface area contributed by atoms with Crippen molar-refractivity contribution in [2.75, 3.05) is 6.54 Å². The second-order valence-electron chi connectivity index (χ2n) is 8.72. The minimum atomic E-state index is -0.490. The molecule has 160 valence electrons. The van der Waals surface area contributed by atoms with E-state index in [9.17, 15) is 4.79 Å². The summed E-state index contributed by atoms with van der Waals surface area (Å²) in [6.07, 6.45) is 6.71. The molecule has 4 aromatic rings. The molecule has 0 aliphatic carbocycles. The van der Waals surface area contributed by atoms with Crippen LogP contribution in [0.15, 0.2) is 36.8 Å². The first-order valence-electron chi connectivity index (χ1n) is 10.7. The van der Waals surface area contributed by atoms with Gasteiger partial charge in [-0.05, 0) is 44.9 Å². The second kappa shape index (κ2) is 7.69. The zero-order chi connectivity index (χ0) is 21.6. The number of piperidine rings is 1. The van der Waals surface area contributed by atoms with Gasteiger partial charge in [0.2, 0.25) is 5.91 Å². The third kappa shape index (κ3) is 3.70. The van der Waals surface area contributed by atoms with Crippen LogP contribution in [0.3, 0.4) is 0 Å². The molecule has 4 heterocycles. The molecule has 31 heavy (non-hydrogen) atoms. The fourth-order valence-corrected chi connectivity index (χ4v) is 5.12. The number of carbonyl (C=O) groups is 1. The predicted molar refractivity (Wildman–Crippen MR) is 124 cm³/mol. The third-order valence-electron chi connectivity index (χ3n) is 6.00. The molecule has 0 unspecified atom stereocenters. The minimum absolute atomic E-state index is 0.0675. The first-order valence-corrected chi connectivity index (χ1v) is 11.5. The molecule has 1 saturated heterocycles. The van der Waals surface area contributed by atoms with E-state index in [-0.39, 0.29) is 11.9 Å². The van der Waals surface area contributed by atoms with Gasteiger partial charge in [-0.25, -0.2) is 15.0 Å². The minimum Gasteiger partial charge on any atom is -0.346 e. The maximum atomic E-state index is 12.8. The number of pyridine rings is 1. The van der Waals surface area contributed by atoms with Gasteiger partial charge in [0.1, 0.15) is 20.9 Å². The van der Waals surface area contributed by atoms with Crippen LogP contribution in [0.2, 0.25) is 0 Å². The molecule has 5 rings (SSSR count). The molecule has 7 nitrogen and oxygen atoms in total. The lowest BCUT2D eigenvalue weighted by atomic mass is 9.92. The number of aromatic nitrogens is 4. The van der Waals surface area contributed by atoms with Crippen LogP contribution in [-0.4, -0.2) is 38.0 Å². The molecule has 1 aliphatic heterocycles. The summed E-state index contributed by atoms with van der Waals surface area (Å²) in [6, 6.07) is 8.15. The van der Waals surface area contributed by atoms with Crippen LogP contribution in [-0.2, 0) is 17.4 Å². The van der Waals surface area contributed by atoms with Gasteiger partial charge in [0.05, 0.1) is 29.6 Å². The number of hydrogen-bond donors (Lipinski definition) is 2. The number of thiazole rings is 1. The van der Waals surface area contributed by atoms with E-state index >= 15 is 0 Å². The number of rotatable bonds is 4. The second-order valence-corrected chi connectivity index (χ2v) is 9.70. The highest BCUT2D eigenvalue weighted by molar-refractivity contribution is 7.21. The molecular weight excluding hydrogens is 408 g/mol. The van der Waals surface area contributed by atoms with Gasteiger partial charge in [-0.1, -0.05) is 36.0 Å². The molecule has 2 N–H and O–H groups in total. The Labute approximate surface area is 184 Å². The molecule has 1 aromatic carbocycles. The summed E-state index contributed by atoms with van der Waals surface area (Å²) in [4.78, 5) is 27.5. The van der Waals surface area contributed by atoms with Crippen molar-refractivity contribution in [2.45, 2.75) is 44.7 Å². The molecule has 0 radical (unpaired) electrons. The number of benzene rings is 1. The van der Waals surface area contributed by atoms with Crippen LogP contribution >= 0.6 is 11.3 Å². The Morgan fingerprint density at radius 3 is 2.97 bits per heavy atom. The van der Waals surface area contributed by atoms with E-state index in [4.69, 9.17) is 4.98 Å². The van der Waals surface area contributed by atoms with Gasteiger partial charge < -0.3 is 15.2 Å². The van der Waals surface area contributed by atoms with E-state index in [0.717, 1.165) is 63.3 Å². The molecule has 1 aliphatic rings. The average molecular weight is 435 g/mol. The van der Waals surface area contributed by atoms with Crippen molar-refractivity contribution < 1.29 is 4.79 Å². The van der Waals surface area contributed by atoms with Crippen LogP contribution in [0.5, 0.6) is 0 Å². The number of hydrogen-bond acceptors (Lipinski definition) is 6. The van der Waals surface area contributed by atoms with Gasteiger partial charge in [0.25, 0.3) is 0 Å². The topological polar surface area (TPSA) is 84.7 Å². The molecule has 8 heteroatoms. The van der Waals surface area contributed by atoms with E-state index in [2.05, 4.69) is 38.8 Å². The summed E-state index contributed by atoms with van der Waals surface area (Å²) in [7, 11) is 1.97. The van der Waals surface area contributed by atoms with Crippen molar-refractivity contribution in [3.63, 3.8) is 0 Å². The van der Waals surface area contributed by atoms with Crippen LogP contribution in [0, 0.1) is 0 Å². The zero-order valence-electron chi connectivity index (χ0n) is 18.0. The van der Waals surface area contributed by atoms with Gasteiger partial charge in [0, 0.05) is 12.6 Å². The van der Waals surface area contributed by atoms with Crippen molar-refractivity contribution in [1.82, 2.24) is 30.2 Å². The summed E-state index contributed by atoms with van der Waals surface area (Å²) in [5.41, 5.74) is 4.30. The number of imidazole rings is 1. The van der Waals surface area contributed by atoms with Gasteiger partial charge in [-0.2, -0.15) is 0 Å². The van der Waals surface area contributed by atoms with E-state index in [1.165, 1.54) is 0 Å². The summed E-state index contributed by atoms with van der Waals surface area (Å²) in [5, 5.41) is 7.47. The van der Waals surface area contributed by atoms with Gasteiger partial charge in [-0.3, -0.25) is 4.79 Å². The average Bonchev–Trinajstić information content (AvgIpc) is 3.37. The van der Waals surface area contributed by atoms with Crippen LogP contribution in [0.25, 0.3) is 32.0 Å². The van der Waals surface area contributed by atoms with Crippen molar-refractivity contribution >= 4 is 38.6 Å². The molecule has 1 amide bonds. The molecule has 1 atom stereocenters. The van der Waals surface area contributed by atoms with Gasteiger partial charge >= 0.3 is 0 Å². The highest BCUT2D eigenvalue weighted by Gasteiger charge is 2.28. The fourth-order valence-electron chi connectivity index (χ4n) is 4.21. The molecule has 0 bridgehead atoms. The Morgan fingerprint density at radius 1 is 1.29 bits per heavy atom. The normalized spacial score (nSPS) is 17.3. The highest BCUT2D eigenvalue weighted by Crippen LogP contribution is 2.34. The monoisotopic (exact) mass is 434 g/mol. The largest absolute Gasteiger partial charge is 0.346 e. The van der Waals surface area contributed by atoms with Crippen LogP contribution in [0.1, 0.15) is 38.7 Å². The number of amides is 1. The Balaban J connectivity index is 1.46. The Bertz CT molecular complexity index is 1270. The van der Waals surface area contributed by atoms with Crippen molar-refractivity contribution in [2.24, 2.45) is 7.05 Å². The highest BCUT2D eigenvalue weighted by atomic mass is 32.1. The van der Waals surface area contributed by atoms with Crippen molar-refractivity contribution in [3.05, 3.63) is 42.4 Å². The predicted octanol–water partition coefficient (Wildman–Crippen LogP) is 3.74. The molecule has 0 saturated carbocycles. The molecule has 0 spiro atoms. The van der Waals surface area contributed by atoms with Crippen molar-refractivity contribution in [1.29, 1.82) is 0 Å². The SMILES string of the molecule is Cn1cnc2cnc3sc(-c4cccc(C(C)(C)NC(=O)[C@@H]5CCCCN5)c4)nc3c21. The molecular formula is C23H26N6OS. The lowest BCUT2D eigenvalue weighted by Crippen LogP contribution is -2.52. The first kappa shape index (κ1) is 20.1. The maximum Gasteiger partial charge on any atom is 0.237 e. The van der Waals surface area contributed by atoms with Gasteiger partial charge in [0.15, 0.2) is 0 Å². The Kier molecular flexibility index (Phi) is 4.98. The standard InChI is InChI=1S/C23H26N6OS/c1-23(2,28-20(30)16-9-4-5-10-24-16)15-8-6-7-14(11-15)21-27-18-19-17(26-13-29(19)3)12-25-22(18)31-21/h6-8,11-13,16,24H,4-5,9-10H2,1-3H3,(H,28,30)/t16-/m0/s1. The number of fused-ring (bicyclic) bond motifs is 3. The third-order valence-corrected chi connectivity index (χ3v) is 7.01. The molecule has 3 aromatic heterocycles. The zero-order valence-corrected chi connectivity index (χ0v) is 18.8. The summed E-state index contributed by atoms with van der Waals surface area (Å²) in [6.45, 7) is 5.00. The Hall–Kier alpha value is -2.84. The van der Waals surface area contributed by atoms with Crippen LogP contribution < -0.4 is 10.6 Å². The lowest BCUT2D eigenvalue weighted by Gasteiger charge is -2.31. The number of carbonyl (C=O) groups excluding carboxylic acids is 1. The Morgan fingerprint density at radius 2 is 2.16 bits per heavy atom.